The van der Waals surface area contributed by atoms with Crippen LogP contribution in [0.15, 0.2) is 4.60 Å². The highest BCUT2D eigenvalue weighted by Crippen LogP contribution is 2.24. The summed E-state index contributed by atoms with van der Waals surface area (Å²) in [5.74, 6) is 0.869. The van der Waals surface area contributed by atoms with Gasteiger partial charge in [0.25, 0.3) is 0 Å². The minimum atomic E-state index is 0.264. The van der Waals surface area contributed by atoms with Gasteiger partial charge in [0, 0.05) is 14.1 Å². The molecule has 0 radical (unpaired) electrons. The van der Waals surface area contributed by atoms with Crippen molar-refractivity contribution in [3.05, 3.63) is 4.60 Å². The summed E-state index contributed by atoms with van der Waals surface area (Å²) in [5.41, 5.74) is 0.662. The van der Waals surface area contributed by atoms with Crippen LogP contribution in [-0.2, 0) is 7.05 Å². The van der Waals surface area contributed by atoms with Crippen molar-refractivity contribution >= 4 is 21.9 Å². The first-order valence-electron chi connectivity index (χ1n) is 5.27. The van der Waals surface area contributed by atoms with Gasteiger partial charge in [0.1, 0.15) is 5.69 Å². The zero-order valence-corrected chi connectivity index (χ0v) is 11.8. The van der Waals surface area contributed by atoms with Crippen LogP contribution in [0.5, 0.6) is 6.01 Å². The van der Waals surface area contributed by atoms with Crippen molar-refractivity contribution in [1.29, 1.82) is 0 Å². The highest BCUT2D eigenvalue weighted by molar-refractivity contribution is 9.10. The highest BCUT2D eigenvalue weighted by Gasteiger charge is 2.16. The Morgan fingerprint density at radius 2 is 2.11 bits per heavy atom. The van der Waals surface area contributed by atoms with Crippen molar-refractivity contribution in [2.24, 2.45) is 7.05 Å². The highest BCUT2D eigenvalue weighted by atomic mass is 79.9. The first-order valence-corrected chi connectivity index (χ1v) is 6.07. The first kappa shape index (κ1) is 12.7. The van der Waals surface area contributed by atoms with E-state index < -0.39 is 0 Å². The molecule has 8 nitrogen and oxygen atoms in total. The third-order valence-corrected chi connectivity index (χ3v) is 2.64. The third-order valence-electron chi connectivity index (χ3n) is 2.11. The molecule has 2 aromatic heterocycles. The molecule has 0 amide bonds. The molecule has 0 aliphatic heterocycles. The molecule has 18 heavy (non-hydrogen) atoms. The quantitative estimate of drug-likeness (QED) is 0.895. The zero-order valence-electron chi connectivity index (χ0n) is 10.2. The minimum Gasteiger partial charge on any atom is -0.464 e. The normalized spacial score (nSPS) is 10.4. The predicted molar refractivity (Wildman–Crippen MR) is 68.2 cm³/mol. The van der Waals surface area contributed by atoms with Crippen LogP contribution in [-0.4, -0.2) is 43.6 Å². The molecular formula is C9H12BrN7O. The first-order chi connectivity index (χ1) is 8.65. The van der Waals surface area contributed by atoms with Crippen molar-refractivity contribution < 1.29 is 4.74 Å². The summed E-state index contributed by atoms with van der Waals surface area (Å²) in [6.45, 7) is 2.35. The molecule has 0 bridgehead atoms. The molecule has 0 saturated carbocycles. The Bertz CT molecular complexity index is 536. The van der Waals surface area contributed by atoms with Crippen LogP contribution in [0.25, 0.3) is 11.5 Å². The maximum absolute atomic E-state index is 5.30. The molecule has 0 aliphatic carbocycles. The van der Waals surface area contributed by atoms with Crippen molar-refractivity contribution in [2.75, 3.05) is 19.0 Å². The Balaban J connectivity index is 2.53. The van der Waals surface area contributed by atoms with Gasteiger partial charge in [0.15, 0.2) is 10.4 Å². The number of aromatic nitrogens is 6. The minimum absolute atomic E-state index is 0.264. The van der Waals surface area contributed by atoms with E-state index in [2.05, 4.69) is 46.5 Å². The Labute approximate surface area is 112 Å². The third kappa shape index (κ3) is 2.40. The Hall–Kier alpha value is -1.77. The molecule has 0 saturated heterocycles. The summed E-state index contributed by atoms with van der Waals surface area (Å²) in [5, 5.41) is 10.6. The number of nitrogens with zero attached hydrogens (tertiary/aromatic N) is 6. The number of nitrogens with one attached hydrogen (secondary N) is 1. The van der Waals surface area contributed by atoms with Gasteiger partial charge in [0.2, 0.25) is 5.95 Å². The lowest BCUT2D eigenvalue weighted by Gasteiger charge is -2.06. The van der Waals surface area contributed by atoms with Crippen molar-refractivity contribution in [2.45, 2.75) is 6.92 Å². The number of hydrogen-bond donors (Lipinski definition) is 1. The lowest BCUT2D eigenvalue weighted by molar-refractivity contribution is 0.312. The summed E-state index contributed by atoms with van der Waals surface area (Å²) in [4.78, 5) is 12.6. The second-order valence-corrected chi connectivity index (χ2v) is 4.05. The maximum atomic E-state index is 5.30. The van der Waals surface area contributed by atoms with E-state index in [9.17, 15) is 0 Å². The van der Waals surface area contributed by atoms with Crippen LogP contribution in [0.3, 0.4) is 0 Å². The fraction of sp³-hybridized carbons (Fsp3) is 0.444. The van der Waals surface area contributed by atoms with Gasteiger partial charge >= 0.3 is 6.01 Å². The second-order valence-electron chi connectivity index (χ2n) is 3.30. The lowest BCUT2D eigenvalue weighted by Crippen LogP contribution is -2.07. The van der Waals surface area contributed by atoms with Crippen LogP contribution in [0.1, 0.15) is 6.92 Å². The monoisotopic (exact) mass is 313 g/mol. The number of anilines is 1. The molecule has 96 valence electrons. The number of ether oxygens (including phenoxy) is 1. The predicted octanol–water partition coefficient (Wildman–Crippen LogP) is 0.870. The molecule has 0 unspecified atom stereocenters. The van der Waals surface area contributed by atoms with Crippen molar-refractivity contribution in [1.82, 2.24) is 29.9 Å². The number of hydrogen-bond acceptors (Lipinski definition) is 7. The van der Waals surface area contributed by atoms with E-state index in [4.69, 9.17) is 4.74 Å². The molecule has 2 heterocycles. The van der Waals surface area contributed by atoms with E-state index in [1.54, 1.807) is 18.8 Å². The molecule has 1 N–H and O–H groups in total. The largest absolute Gasteiger partial charge is 0.464 e. The molecule has 0 aliphatic rings. The van der Waals surface area contributed by atoms with E-state index in [1.165, 1.54) is 0 Å². The smallest absolute Gasteiger partial charge is 0.321 e. The van der Waals surface area contributed by atoms with Gasteiger partial charge in [0.05, 0.1) is 6.61 Å². The average Bonchev–Trinajstić information content (AvgIpc) is 2.69. The average molecular weight is 314 g/mol. The van der Waals surface area contributed by atoms with Gasteiger partial charge in [-0.3, -0.25) is 0 Å². The van der Waals surface area contributed by atoms with Gasteiger partial charge in [-0.1, -0.05) is 5.21 Å². The summed E-state index contributed by atoms with van der Waals surface area (Å²) >= 11 is 3.31. The van der Waals surface area contributed by atoms with Crippen LogP contribution < -0.4 is 10.1 Å². The summed E-state index contributed by atoms with van der Waals surface area (Å²) in [6.07, 6.45) is 0. The maximum Gasteiger partial charge on any atom is 0.321 e. The fourth-order valence-corrected chi connectivity index (χ4v) is 1.84. The van der Waals surface area contributed by atoms with Gasteiger partial charge in [-0.05, 0) is 22.9 Å². The van der Waals surface area contributed by atoms with Gasteiger partial charge in [-0.25, -0.2) is 4.68 Å². The summed E-state index contributed by atoms with van der Waals surface area (Å²) < 4.78 is 7.45. The SMILES string of the molecule is CCOc1nc(NC)nc(-c2c(Br)nnn2C)n1. The Morgan fingerprint density at radius 1 is 1.33 bits per heavy atom. The molecule has 0 spiro atoms. The standard InChI is InChI=1S/C9H12BrN7O/c1-4-18-9-13-7(12-8(11-2)14-9)5-6(10)15-16-17(5)3/h4H2,1-3H3,(H,11,12,13,14). The molecule has 0 aromatic carbocycles. The second kappa shape index (κ2) is 5.25. The van der Waals surface area contributed by atoms with E-state index >= 15 is 0 Å². The van der Waals surface area contributed by atoms with E-state index in [0.717, 1.165) is 0 Å². The molecule has 2 rings (SSSR count). The molecule has 0 atom stereocenters. The Morgan fingerprint density at radius 3 is 2.67 bits per heavy atom. The molecule has 9 heteroatoms. The topological polar surface area (TPSA) is 90.6 Å². The summed E-state index contributed by atoms with van der Waals surface area (Å²) in [6, 6.07) is 0.264. The molecular weight excluding hydrogens is 302 g/mol. The molecule has 0 fully saturated rings. The van der Waals surface area contributed by atoms with Gasteiger partial charge in [-0.2, -0.15) is 15.0 Å². The van der Waals surface area contributed by atoms with Gasteiger partial charge < -0.3 is 10.1 Å². The number of aryl methyl sites for hydroxylation is 1. The number of rotatable bonds is 4. The van der Waals surface area contributed by atoms with Crippen LogP contribution >= 0.6 is 15.9 Å². The van der Waals surface area contributed by atoms with Crippen LogP contribution in [0.2, 0.25) is 0 Å². The van der Waals surface area contributed by atoms with Crippen molar-refractivity contribution in [3.8, 4) is 17.5 Å². The summed E-state index contributed by atoms with van der Waals surface area (Å²) in [7, 11) is 3.49. The van der Waals surface area contributed by atoms with Gasteiger partial charge in [-0.15, -0.1) is 5.10 Å². The van der Waals surface area contributed by atoms with Crippen LogP contribution in [0, 0.1) is 0 Å². The lowest BCUT2D eigenvalue weighted by atomic mass is 10.4. The fourth-order valence-electron chi connectivity index (χ4n) is 1.34. The van der Waals surface area contributed by atoms with Crippen molar-refractivity contribution in [3.63, 3.8) is 0 Å². The van der Waals surface area contributed by atoms with Crippen LogP contribution in [0.4, 0.5) is 5.95 Å². The van der Waals surface area contributed by atoms with E-state index in [-0.39, 0.29) is 6.01 Å². The molecule has 2 aromatic rings. The zero-order chi connectivity index (χ0) is 13.1. The number of halogens is 1. The van der Waals surface area contributed by atoms with E-state index in [1.807, 2.05) is 6.92 Å². The Kier molecular flexibility index (Phi) is 3.70. The van der Waals surface area contributed by atoms with E-state index in [0.29, 0.717) is 28.7 Å².